The van der Waals surface area contributed by atoms with E-state index in [1.807, 2.05) is 13.1 Å². The highest BCUT2D eigenvalue weighted by Crippen LogP contribution is 2.21. The van der Waals surface area contributed by atoms with Gasteiger partial charge in [-0.1, -0.05) is 25.4 Å². The number of nitrogens with one attached hydrogen (secondary N) is 2. The van der Waals surface area contributed by atoms with E-state index in [0.717, 1.165) is 42.8 Å². The summed E-state index contributed by atoms with van der Waals surface area (Å²) in [5.74, 6) is 0.878. The van der Waals surface area contributed by atoms with E-state index in [1.165, 1.54) is 17.8 Å². The van der Waals surface area contributed by atoms with Gasteiger partial charge in [-0.25, -0.2) is 0 Å². The molecule has 1 atom stereocenters. The van der Waals surface area contributed by atoms with Gasteiger partial charge in [-0.2, -0.15) is 0 Å². The van der Waals surface area contributed by atoms with Gasteiger partial charge in [-0.3, -0.25) is 4.99 Å². The lowest BCUT2D eigenvalue weighted by molar-refractivity contribution is 0.292. The van der Waals surface area contributed by atoms with Crippen molar-refractivity contribution in [1.29, 1.82) is 0 Å². The molecule has 0 saturated heterocycles. The number of halogens is 1. The van der Waals surface area contributed by atoms with Crippen LogP contribution in [0.5, 0.6) is 0 Å². The van der Waals surface area contributed by atoms with Gasteiger partial charge in [0.05, 0.1) is 4.34 Å². The Kier molecular flexibility index (Phi) is 10.3. The van der Waals surface area contributed by atoms with Crippen LogP contribution in [0.25, 0.3) is 0 Å². The third-order valence-corrected chi connectivity index (χ3v) is 5.20. The van der Waals surface area contributed by atoms with Crippen LogP contribution >= 0.6 is 22.9 Å². The summed E-state index contributed by atoms with van der Waals surface area (Å²) < 4.78 is 0.851. The Morgan fingerprint density at radius 3 is 2.65 bits per heavy atom. The van der Waals surface area contributed by atoms with Gasteiger partial charge in [0.15, 0.2) is 5.96 Å². The Bertz CT molecular complexity index is 457. The molecule has 1 heterocycles. The number of aliphatic imine (C=N–C) groups is 1. The molecule has 0 aliphatic heterocycles. The molecule has 23 heavy (non-hydrogen) atoms. The number of nitrogens with zero attached hydrogens (tertiary/aromatic N) is 2. The van der Waals surface area contributed by atoms with Crippen LogP contribution in [0.1, 0.15) is 38.5 Å². The van der Waals surface area contributed by atoms with E-state index < -0.39 is 0 Å². The molecule has 0 spiro atoms. The second kappa shape index (κ2) is 11.7. The van der Waals surface area contributed by atoms with Crippen LogP contribution in [-0.2, 0) is 6.42 Å². The van der Waals surface area contributed by atoms with Crippen LogP contribution in [0, 0.1) is 0 Å². The van der Waals surface area contributed by atoms with Gasteiger partial charge >= 0.3 is 0 Å². The Morgan fingerprint density at radius 1 is 1.35 bits per heavy atom. The number of hydrogen-bond donors (Lipinski definition) is 2. The standard InChI is InChI=1S/C17H31ClN4S/c1-5-22(6-2)13-7-8-14(3)21-17(19-4)20-12-11-15-9-10-16(18)23-15/h9-10,14H,5-8,11-13H2,1-4H3,(H2,19,20,21). The number of hydrogen-bond acceptors (Lipinski definition) is 3. The Labute approximate surface area is 150 Å². The lowest BCUT2D eigenvalue weighted by Crippen LogP contribution is -2.43. The van der Waals surface area contributed by atoms with Crippen molar-refractivity contribution in [1.82, 2.24) is 15.5 Å². The smallest absolute Gasteiger partial charge is 0.191 e. The zero-order valence-electron chi connectivity index (χ0n) is 14.9. The van der Waals surface area contributed by atoms with E-state index in [0.29, 0.717) is 6.04 Å². The average molecular weight is 359 g/mol. The second-order valence-corrected chi connectivity index (χ2v) is 7.47. The SMILES string of the molecule is CCN(CC)CCCC(C)NC(=NC)NCCc1ccc(Cl)s1. The van der Waals surface area contributed by atoms with Crippen LogP contribution in [0.3, 0.4) is 0 Å². The summed E-state index contributed by atoms with van der Waals surface area (Å²) in [7, 11) is 1.82. The Morgan fingerprint density at radius 2 is 2.09 bits per heavy atom. The molecular weight excluding hydrogens is 328 g/mol. The molecule has 0 bridgehead atoms. The molecule has 1 aromatic rings. The van der Waals surface area contributed by atoms with Crippen molar-refractivity contribution >= 4 is 28.9 Å². The number of guanidine groups is 1. The monoisotopic (exact) mass is 358 g/mol. The molecule has 0 radical (unpaired) electrons. The van der Waals surface area contributed by atoms with Crippen LogP contribution in [0.15, 0.2) is 17.1 Å². The minimum atomic E-state index is 0.424. The fraction of sp³-hybridized carbons (Fsp3) is 0.706. The molecule has 2 N–H and O–H groups in total. The normalized spacial score (nSPS) is 13.4. The van der Waals surface area contributed by atoms with Crippen LogP contribution in [0.4, 0.5) is 0 Å². The molecule has 0 aromatic carbocycles. The van der Waals surface area contributed by atoms with Crippen molar-refractivity contribution in [3.8, 4) is 0 Å². The van der Waals surface area contributed by atoms with Crippen molar-refractivity contribution in [2.24, 2.45) is 4.99 Å². The molecule has 0 aliphatic rings. The predicted octanol–water partition coefficient (Wildman–Crippen LogP) is 3.62. The molecule has 1 unspecified atom stereocenters. The van der Waals surface area contributed by atoms with Crippen molar-refractivity contribution in [3.63, 3.8) is 0 Å². The first-order valence-electron chi connectivity index (χ1n) is 8.52. The molecule has 4 nitrogen and oxygen atoms in total. The highest BCUT2D eigenvalue weighted by Gasteiger charge is 2.06. The van der Waals surface area contributed by atoms with Gasteiger partial charge in [0, 0.05) is 24.5 Å². The fourth-order valence-electron chi connectivity index (χ4n) is 2.45. The fourth-order valence-corrected chi connectivity index (χ4v) is 3.54. The third-order valence-electron chi connectivity index (χ3n) is 3.91. The van der Waals surface area contributed by atoms with Crippen LogP contribution < -0.4 is 10.6 Å². The van der Waals surface area contributed by atoms with Crippen LogP contribution in [0.2, 0.25) is 4.34 Å². The van der Waals surface area contributed by atoms with Crippen molar-refractivity contribution in [3.05, 3.63) is 21.3 Å². The Balaban J connectivity index is 2.21. The molecule has 0 amide bonds. The first-order valence-corrected chi connectivity index (χ1v) is 9.72. The number of thiophene rings is 1. The molecule has 1 rings (SSSR count). The number of rotatable bonds is 10. The molecule has 0 saturated carbocycles. The third kappa shape index (κ3) is 8.58. The highest BCUT2D eigenvalue weighted by molar-refractivity contribution is 7.16. The lowest BCUT2D eigenvalue weighted by atomic mass is 10.2. The van der Waals surface area contributed by atoms with Gasteiger partial charge in [-0.15, -0.1) is 11.3 Å². The summed E-state index contributed by atoms with van der Waals surface area (Å²) in [5, 5.41) is 6.84. The van der Waals surface area contributed by atoms with Gasteiger partial charge in [0.25, 0.3) is 0 Å². The molecule has 132 valence electrons. The minimum Gasteiger partial charge on any atom is -0.356 e. The molecule has 0 fully saturated rings. The summed E-state index contributed by atoms with van der Waals surface area (Å²) in [6.07, 6.45) is 3.33. The summed E-state index contributed by atoms with van der Waals surface area (Å²) in [6.45, 7) is 11.0. The molecule has 6 heteroatoms. The van der Waals surface area contributed by atoms with Crippen molar-refractivity contribution in [2.45, 2.75) is 46.1 Å². The van der Waals surface area contributed by atoms with Gasteiger partial charge in [0.2, 0.25) is 0 Å². The van der Waals surface area contributed by atoms with Crippen molar-refractivity contribution < 1.29 is 0 Å². The molecule has 0 aliphatic carbocycles. The van der Waals surface area contributed by atoms with E-state index in [9.17, 15) is 0 Å². The maximum absolute atomic E-state index is 5.95. The van der Waals surface area contributed by atoms with E-state index in [-0.39, 0.29) is 0 Å². The van der Waals surface area contributed by atoms with Gasteiger partial charge in [0.1, 0.15) is 0 Å². The van der Waals surface area contributed by atoms with Gasteiger partial charge < -0.3 is 15.5 Å². The van der Waals surface area contributed by atoms with E-state index >= 15 is 0 Å². The lowest BCUT2D eigenvalue weighted by Gasteiger charge is -2.21. The first-order chi connectivity index (χ1) is 11.1. The summed E-state index contributed by atoms with van der Waals surface area (Å²) in [4.78, 5) is 8.06. The molecular formula is C17H31ClN4S. The van der Waals surface area contributed by atoms with Gasteiger partial charge in [-0.05, 0) is 58.0 Å². The minimum absolute atomic E-state index is 0.424. The average Bonchev–Trinajstić information content (AvgIpc) is 2.96. The van der Waals surface area contributed by atoms with E-state index in [2.05, 4.69) is 47.4 Å². The molecule has 1 aromatic heterocycles. The summed E-state index contributed by atoms with van der Waals surface area (Å²) in [5.41, 5.74) is 0. The summed E-state index contributed by atoms with van der Waals surface area (Å²) >= 11 is 7.59. The second-order valence-electron chi connectivity index (χ2n) is 5.67. The predicted molar refractivity (Wildman–Crippen MR) is 104 cm³/mol. The maximum atomic E-state index is 5.95. The zero-order valence-corrected chi connectivity index (χ0v) is 16.4. The Hall–Kier alpha value is -0.780. The summed E-state index contributed by atoms with van der Waals surface area (Å²) in [6, 6.07) is 4.46. The zero-order chi connectivity index (χ0) is 17.1. The van der Waals surface area contributed by atoms with Crippen LogP contribution in [-0.4, -0.2) is 50.1 Å². The largest absolute Gasteiger partial charge is 0.356 e. The highest BCUT2D eigenvalue weighted by atomic mass is 35.5. The quantitative estimate of drug-likeness (QED) is 0.495. The maximum Gasteiger partial charge on any atom is 0.191 e. The van der Waals surface area contributed by atoms with E-state index in [4.69, 9.17) is 11.6 Å². The topological polar surface area (TPSA) is 39.7 Å². The first kappa shape index (κ1) is 20.3. The van der Waals surface area contributed by atoms with E-state index in [1.54, 1.807) is 11.3 Å². The van der Waals surface area contributed by atoms with Crippen molar-refractivity contribution in [2.75, 3.05) is 33.2 Å².